The zero-order valence-electron chi connectivity index (χ0n) is 10.7. The van der Waals surface area contributed by atoms with E-state index in [4.69, 9.17) is 0 Å². The summed E-state index contributed by atoms with van der Waals surface area (Å²) in [7, 11) is 0. The van der Waals surface area contributed by atoms with Gasteiger partial charge in [-0.05, 0) is 30.2 Å². The maximum Gasteiger partial charge on any atom is 0.153 e. The van der Waals surface area contributed by atoms with Crippen molar-refractivity contribution in [2.75, 3.05) is 0 Å². The van der Waals surface area contributed by atoms with Gasteiger partial charge in [-0.2, -0.15) is 0 Å². The minimum Gasteiger partial charge on any atom is -0.306 e. The van der Waals surface area contributed by atoms with Crippen LogP contribution in [0.1, 0.15) is 27.2 Å². The van der Waals surface area contributed by atoms with Crippen LogP contribution in [0.2, 0.25) is 0 Å². The largest absolute Gasteiger partial charge is 0.306 e. The van der Waals surface area contributed by atoms with E-state index in [0.29, 0.717) is 5.56 Å². The molecule has 0 saturated carbocycles. The molecule has 0 aliphatic rings. The van der Waals surface area contributed by atoms with E-state index in [1.807, 2.05) is 35.0 Å². The molecule has 94 valence electrons. The number of aryl methyl sites for hydroxylation is 1. The van der Waals surface area contributed by atoms with Crippen LogP contribution < -0.4 is 0 Å². The second-order valence-corrected chi connectivity index (χ2v) is 4.65. The molecule has 0 saturated heterocycles. The van der Waals surface area contributed by atoms with Gasteiger partial charge in [0, 0.05) is 18.8 Å². The van der Waals surface area contributed by atoms with E-state index in [2.05, 4.69) is 24.0 Å². The van der Waals surface area contributed by atoms with Crippen molar-refractivity contribution >= 4 is 11.9 Å². The lowest BCUT2D eigenvalue weighted by molar-refractivity contribution is 0.112. The molecule has 2 heterocycles. The Bertz CT molecular complexity index is 743. The molecule has 0 atom stereocenters. The molecule has 0 aliphatic carbocycles. The average Bonchev–Trinajstić information content (AvgIpc) is 2.83. The van der Waals surface area contributed by atoms with Gasteiger partial charge in [0.05, 0.1) is 11.3 Å². The first kappa shape index (κ1) is 11.7. The van der Waals surface area contributed by atoms with E-state index < -0.39 is 0 Å². The molecule has 0 fully saturated rings. The molecule has 0 N–H and O–H groups in total. The van der Waals surface area contributed by atoms with E-state index in [9.17, 15) is 4.79 Å². The number of nitrogens with zero attached hydrogens (tertiary/aromatic N) is 2. The molecule has 3 rings (SSSR count). The molecule has 3 nitrogen and oxygen atoms in total. The molecule has 1 aromatic carbocycles. The molecular formula is C16H14N2O. The molecule has 0 aliphatic heterocycles. The van der Waals surface area contributed by atoms with Crippen LogP contribution >= 0.6 is 0 Å². The summed E-state index contributed by atoms with van der Waals surface area (Å²) in [6.07, 6.45) is 5.53. The Morgan fingerprint density at radius 1 is 1.21 bits per heavy atom. The van der Waals surface area contributed by atoms with Gasteiger partial charge in [0.25, 0.3) is 0 Å². The highest BCUT2D eigenvalue weighted by atomic mass is 16.1. The number of hydrogen-bond acceptors (Lipinski definition) is 2. The van der Waals surface area contributed by atoms with E-state index in [1.54, 1.807) is 6.07 Å². The van der Waals surface area contributed by atoms with Crippen LogP contribution in [0.15, 0.2) is 48.8 Å². The van der Waals surface area contributed by atoms with Crippen LogP contribution in [0, 0.1) is 6.92 Å². The van der Waals surface area contributed by atoms with Crippen molar-refractivity contribution in [2.45, 2.75) is 13.3 Å². The highest BCUT2D eigenvalue weighted by molar-refractivity contribution is 5.84. The Hall–Kier alpha value is -2.42. The highest BCUT2D eigenvalue weighted by Crippen LogP contribution is 2.15. The van der Waals surface area contributed by atoms with E-state index in [-0.39, 0.29) is 0 Å². The zero-order valence-corrected chi connectivity index (χ0v) is 10.7. The predicted molar refractivity (Wildman–Crippen MR) is 74.6 cm³/mol. The van der Waals surface area contributed by atoms with Crippen molar-refractivity contribution in [3.05, 3.63) is 71.2 Å². The van der Waals surface area contributed by atoms with Crippen molar-refractivity contribution in [1.82, 2.24) is 9.38 Å². The maximum absolute atomic E-state index is 11.0. The number of fused-ring (bicyclic) bond motifs is 1. The summed E-state index contributed by atoms with van der Waals surface area (Å²) >= 11 is 0. The van der Waals surface area contributed by atoms with Gasteiger partial charge in [-0.3, -0.25) is 4.79 Å². The van der Waals surface area contributed by atoms with Gasteiger partial charge in [-0.25, -0.2) is 4.98 Å². The number of benzene rings is 1. The standard InChI is InChI=1S/C16H14N2O/c1-12-5-2-3-6-13(12)9-15-10-18-8-4-7-14(11-19)16(18)17-15/h2-8,10-11H,9H2,1H3. The average molecular weight is 250 g/mol. The molecule has 0 radical (unpaired) electrons. The number of imidazole rings is 1. The summed E-state index contributed by atoms with van der Waals surface area (Å²) in [4.78, 5) is 15.5. The lowest BCUT2D eigenvalue weighted by Gasteiger charge is -2.01. The first-order valence-corrected chi connectivity index (χ1v) is 6.24. The molecule has 2 aromatic heterocycles. The zero-order chi connectivity index (χ0) is 13.2. The van der Waals surface area contributed by atoms with Crippen molar-refractivity contribution in [1.29, 1.82) is 0 Å². The molecule has 3 aromatic rings. The number of pyridine rings is 1. The van der Waals surface area contributed by atoms with Gasteiger partial charge in [0.2, 0.25) is 0 Å². The molecule has 3 heteroatoms. The number of carbonyl (C=O) groups is 1. The quantitative estimate of drug-likeness (QED) is 0.669. The van der Waals surface area contributed by atoms with Gasteiger partial charge in [-0.1, -0.05) is 24.3 Å². The minimum atomic E-state index is 0.624. The Labute approximate surface area is 111 Å². The number of carbonyl (C=O) groups excluding carboxylic acids is 1. The van der Waals surface area contributed by atoms with Gasteiger partial charge in [-0.15, -0.1) is 0 Å². The van der Waals surface area contributed by atoms with Gasteiger partial charge >= 0.3 is 0 Å². The Kier molecular flexibility index (Phi) is 2.88. The molecule has 0 spiro atoms. The number of aldehydes is 1. The van der Waals surface area contributed by atoms with E-state index in [0.717, 1.165) is 24.0 Å². The van der Waals surface area contributed by atoms with Crippen molar-refractivity contribution in [2.24, 2.45) is 0 Å². The molecule has 0 unspecified atom stereocenters. The number of aromatic nitrogens is 2. The van der Waals surface area contributed by atoms with Crippen LogP contribution in [0.4, 0.5) is 0 Å². The van der Waals surface area contributed by atoms with Crippen LogP contribution in [0.5, 0.6) is 0 Å². The second kappa shape index (κ2) is 4.69. The SMILES string of the molecule is Cc1ccccc1Cc1cn2cccc(C=O)c2n1. The fourth-order valence-corrected chi connectivity index (χ4v) is 2.27. The summed E-state index contributed by atoms with van der Waals surface area (Å²) in [5, 5.41) is 0. The van der Waals surface area contributed by atoms with Gasteiger partial charge in [0.1, 0.15) is 5.65 Å². The first-order valence-electron chi connectivity index (χ1n) is 6.24. The maximum atomic E-state index is 11.0. The highest BCUT2D eigenvalue weighted by Gasteiger charge is 2.07. The van der Waals surface area contributed by atoms with Crippen LogP contribution in [-0.2, 0) is 6.42 Å². The Morgan fingerprint density at radius 2 is 2.05 bits per heavy atom. The Balaban J connectivity index is 2.03. The minimum absolute atomic E-state index is 0.624. The summed E-state index contributed by atoms with van der Waals surface area (Å²) in [5.41, 5.74) is 4.84. The first-order chi connectivity index (χ1) is 9.28. The van der Waals surface area contributed by atoms with Crippen LogP contribution in [0.3, 0.4) is 0 Å². The normalized spacial score (nSPS) is 10.8. The summed E-state index contributed by atoms with van der Waals surface area (Å²) in [6.45, 7) is 2.10. The monoisotopic (exact) mass is 250 g/mol. The molecule has 0 bridgehead atoms. The lowest BCUT2D eigenvalue weighted by Crippen LogP contribution is -1.91. The summed E-state index contributed by atoms with van der Waals surface area (Å²) in [6, 6.07) is 11.9. The van der Waals surface area contributed by atoms with Crippen LogP contribution in [-0.4, -0.2) is 15.7 Å². The van der Waals surface area contributed by atoms with Crippen molar-refractivity contribution < 1.29 is 4.79 Å². The Morgan fingerprint density at radius 3 is 2.84 bits per heavy atom. The third-order valence-corrected chi connectivity index (χ3v) is 3.32. The van der Waals surface area contributed by atoms with Gasteiger partial charge in [0.15, 0.2) is 6.29 Å². The predicted octanol–water partition coefficient (Wildman–Crippen LogP) is 3.05. The van der Waals surface area contributed by atoms with Gasteiger partial charge < -0.3 is 4.40 Å². The summed E-state index contributed by atoms with van der Waals surface area (Å²) < 4.78 is 1.90. The molecule has 0 amide bonds. The topological polar surface area (TPSA) is 34.4 Å². The fraction of sp³-hybridized carbons (Fsp3) is 0.125. The lowest BCUT2D eigenvalue weighted by atomic mass is 10.0. The number of rotatable bonds is 3. The second-order valence-electron chi connectivity index (χ2n) is 4.65. The smallest absolute Gasteiger partial charge is 0.153 e. The fourth-order valence-electron chi connectivity index (χ4n) is 2.27. The summed E-state index contributed by atoms with van der Waals surface area (Å²) in [5.74, 6) is 0. The third-order valence-electron chi connectivity index (χ3n) is 3.32. The van der Waals surface area contributed by atoms with Crippen molar-refractivity contribution in [3.63, 3.8) is 0 Å². The van der Waals surface area contributed by atoms with E-state index in [1.165, 1.54) is 11.1 Å². The van der Waals surface area contributed by atoms with Crippen LogP contribution in [0.25, 0.3) is 5.65 Å². The molecular weight excluding hydrogens is 236 g/mol. The number of hydrogen-bond donors (Lipinski definition) is 0. The van der Waals surface area contributed by atoms with E-state index >= 15 is 0 Å². The third kappa shape index (κ3) is 2.15. The molecule has 19 heavy (non-hydrogen) atoms. The van der Waals surface area contributed by atoms with Crippen molar-refractivity contribution in [3.8, 4) is 0 Å².